The van der Waals surface area contributed by atoms with Crippen LogP contribution < -0.4 is 0 Å². The molecule has 7 aromatic rings. The van der Waals surface area contributed by atoms with Gasteiger partial charge in [0.15, 0.2) is 11.5 Å². The molecule has 0 amide bonds. The van der Waals surface area contributed by atoms with Gasteiger partial charge in [0.05, 0.1) is 46.1 Å². The predicted molar refractivity (Wildman–Crippen MR) is 173 cm³/mol. The maximum atomic E-state index is 10.3. The van der Waals surface area contributed by atoms with Gasteiger partial charge in [-0.3, -0.25) is 0 Å². The van der Waals surface area contributed by atoms with Crippen LogP contribution in [0.25, 0.3) is 66.0 Å². The monoisotopic (exact) mass is 573 g/mol. The second-order valence-electron chi connectivity index (χ2n) is 10.4. The Labute approximate surface area is 258 Å². The van der Waals surface area contributed by atoms with Crippen LogP contribution in [0.1, 0.15) is 16.7 Å². The molecule has 5 aromatic carbocycles. The van der Waals surface area contributed by atoms with Gasteiger partial charge in [0, 0.05) is 28.7 Å². The van der Waals surface area contributed by atoms with E-state index in [9.17, 15) is 10.5 Å². The summed E-state index contributed by atoms with van der Waals surface area (Å²) in [6.07, 6.45) is 2.93. The molecule has 0 fully saturated rings. The molecule has 7 heteroatoms. The Morgan fingerprint density at radius 1 is 0.556 bits per heavy atom. The number of rotatable bonds is 4. The van der Waals surface area contributed by atoms with Gasteiger partial charge in [-0.1, -0.05) is 48.5 Å². The van der Waals surface area contributed by atoms with Gasteiger partial charge in [-0.15, -0.1) is 0 Å². The first-order valence-corrected chi connectivity index (χ1v) is 13.9. The Balaban J connectivity index is 1.45. The highest BCUT2D eigenvalue weighted by Crippen LogP contribution is 2.38. The third-order valence-electron chi connectivity index (χ3n) is 7.84. The fraction of sp³-hybridized carbons (Fsp3) is 0. The van der Waals surface area contributed by atoms with Gasteiger partial charge in [0.25, 0.3) is 0 Å². The van der Waals surface area contributed by atoms with Gasteiger partial charge in [-0.25, -0.2) is 14.8 Å². The maximum Gasteiger partial charge on any atom is 0.187 e. The van der Waals surface area contributed by atoms with Crippen molar-refractivity contribution in [2.24, 2.45) is 0 Å². The molecule has 2 heterocycles. The molecule has 0 saturated heterocycles. The van der Waals surface area contributed by atoms with Gasteiger partial charge >= 0.3 is 0 Å². The summed E-state index contributed by atoms with van der Waals surface area (Å²) >= 11 is 0. The smallest absolute Gasteiger partial charge is 0.187 e. The molecule has 45 heavy (non-hydrogen) atoms. The third-order valence-corrected chi connectivity index (χ3v) is 7.84. The van der Waals surface area contributed by atoms with Crippen molar-refractivity contribution in [2.75, 3.05) is 0 Å². The summed E-state index contributed by atoms with van der Waals surface area (Å²) in [6, 6.07) is 39.7. The first-order chi connectivity index (χ1) is 22.1. The van der Waals surface area contributed by atoms with Crippen molar-refractivity contribution in [1.29, 1.82) is 15.8 Å². The molecular weight excluding hydrogens is 554 g/mol. The molecule has 0 saturated carbocycles. The molecule has 0 aliphatic rings. The van der Waals surface area contributed by atoms with Crippen molar-refractivity contribution < 1.29 is 0 Å². The molecule has 0 N–H and O–H groups in total. The van der Waals surface area contributed by atoms with E-state index < -0.39 is 0 Å². The van der Waals surface area contributed by atoms with E-state index in [2.05, 4.69) is 61.9 Å². The SMILES string of the molecule is [C-]#[N+]c1ccc(-c2ccc3c(c2)c2cc(-c4ccc(C#N)cc4)ccc2n3-c2ccc(-c3ncc(C#N)cn3)cc2C#N)cc1. The standard InChI is InChI=1S/C38H19N7/c1-42-32-11-6-27(7-12-32)29-9-15-37-34(18-29)33-17-28(26-4-2-24(19-39)3-5-26)8-14-36(33)45(37)35-13-10-30(16-31(35)21-41)38-43-22-25(20-40)23-44-38/h2-18,22-23H. The van der Waals surface area contributed by atoms with Crippen LogP contribution in [0.15, 0.2) is 116 Å². The Kier molecular flexibility index (Phi) is 6.54. The molecule has 2 aromatic heterocycles. The van der Waals surface area contributed by atoms with Crippen LogP contribution in [-0.2, 0) is 0 Å². The molecule has 7 nitrogen and oxygen atoms in total. The number of hydrogen-bond acceptors (Lipinski definition) is 5. The van der Waals surface area contributed by atoms with Crippen LogP contribution >= 0.6 is 0 Å². The van der Waals surface area contributed by atoms with Gasteiger partial charge in [0.1, 0.15) is 12.1 Å². The molecule has 0 spiro atoms. The van der Waals surface area contributed by atoms with E-state index >= 15 is 0 Å². The molecule has 0 aliphatic carbocycles. The summed E-state index contributed by atoms with van der Waals surface area (Å²) in [5, 5.41) is 30.7. The predicted octanol–water partition coefficient (Wildman–Crippen LogP) is 8.74. The van der Waals surface area contributed by atoms with Crippen molar-refractivity contribution >= 4 is 27.5 Å². The summed E-state index contributed by atoms with van der Waals surface area (Å²) in [4.78, 5) is 12.1. The molecular formula is C38H19N7. The number of fused-ring (bicyclic) bond motifs is 3. The Morgan fingerprint density at radius 2 is 1.09 bits per heavy atom. The number of nitriles is 3. The van der Waals surface area contributed by atoms with Gasteiger partial charge in [-0.2, -0.15) is 15.8 Å². The first-order valence-electron chi connectivity index (χ1n) is 13.9. The molecule has 0 aliphatic heterocycles. The zero-order valence-corrected chi connectivity index (χ0v) is 23.6. The maximum absolute atomic E-state index is 10.3. The minimum Gasteiger partial charge on any atom is -0.308 e. The van der Waals surface area contributed by atoms with Crippen molar-refractivity contribution in [2.45, 2.75) is 0 Å². The van der Waals surface area contributed by atoms with Crippen LogP contribution in [-0.4, -0.2) is 14.5 Å². The van der Waals surface area contributed by atoms with Crippen molar-refractivity contribution in [3.8, 4) is 57.5 Å². The third kappa shape index (κ3) is 4.70. The van der Waals surface area contributed by atoms with Gasteiger partial charge in [0.2, 0.25) is 0 Å². The van der Waals surface area contributed by atoms with Crippen LogP contribution in [0.2, 0.25) is 0 Å². The molecule has 0 unspecified atom stereocenters. The van der Waals surface area contributed by atoms with E-state index in [4.69, 9.17) is 11.8 Å². The first kappa shape index (κ1) is 26.8. The highest BCUT2D eigenvalue weighted by molar-refractivity contribution is 6.11. The fourth-order valence-corrected chi connectivity index (χ4v) is 5.60. The normalized spacial score (nSPS) is 10.6. The lowest BCUT2D eigenvalue weighted by molar-refractivity contribution is 1.14. The van der Waals surface area contributed by atoms with Crippen LogP contribution in [0.5, 0.6) is 0 Å². The summed E-state index contributed by atoms with van der Waals surface area (Å²) in [5.74, 6) is 0.431. The molecule has 7 rings (SSSR count). The van der Waals surface area contributed by atoms with Crippen molar-refractivity contribution in [3.05, 3.63) is 144 Å². The van der Waals surface area contributed by atoms with Crippen LogP contribution in [0, 0.1) is 40.6 Å². The average molecular weight is 574 g/mol. The fourth-order valence-electron chi connectivity index (χ4n) is 5.60. The summed E-state index contributed by atoms with van der Waals surface area (Å²) in [6.45, 7) is 7.29. The van der Waals surface area contributed by atoms with E-state index in [1.165, 1.54) is 12.4 Å². The largest absolute Gasteiger partial charge is 0.308 e. The van der Waals surface area contributed by atoms with E-state index in [-0.39, 0.29) is 0 Å². The number of nitrogens with zero attached hydrogens (tertiary/aromatic N) is 7. The highest BCUT2D eigenvalue weighted by Gasteiger charge is 2.18. The van der Waals surface area contributed by atoms with E-state index in [0.717, 1.165) is 49.7 Å². The summed E-state index contributed by atoms with van der Waals surface area (Å²) in [7, 11) is 0. The lowest BCUT2D eigenvalue weighted by atomic mass is 9.99. The Bertz CT molecular complexity index is 2330. The minimum atomic E-state index is 0.364. The van der Waals surface area contributed by atoms with Gasteiger partial charge in [-0.05, 0) is 76.9 Å². The topological polar surface area (TPSA) is 106 Å². The summed E-state index contributed by atoms with van der Waals surface area (Å²) in [5.41, 5.74) is 9.27. The molecule has 206 valence electrons. The van der Waals surface area contributed by atoms with Gasteiger partial charge < -0.3 is 4.57 Å². The Hall–Kier alpha value is -7.06. The van der Waals surface area contributed by atoms with E-state index in [1.807, 2.05) is 72.8 Å². The minimum absolute atomic E-state index is 0.364. The molecule has 0 atom stereocenters. The zero-order chi connectivity index (χ0) is 30.9. The van der Waals surface area contributed by atoms with Crippen molar-refractivity contribution in [3.63, 3.8) is 0 Å². The number of aromatic nitrogens is 3. The van der Waals surface area contributed by atoms with Crippen molar-refractivity contribution in [1.82, 2.24) is 14.5 Å². The van der Waals surface area contributed by atoms with Crippen LogP contribution in [0.4, 0.5) is 5.69 Å². The zero-order valence-electron chi connectivity index (χ0n) is 23.6. The summed E-state index contributed by atoms with van der Waals surface area (Å²) < 4.78 is 2.10. The average Bonchev–Trinajstić information content (AvgIpc) is 3.44. The lowest BCUT2D eigenvalue weighted by Gasteiger charge is -2.12. The Morgan fingerprint density at radius 3 is 1.62 bits per heavy atom. The number of benzene rings is 5. The lowest BCUT2D eigenvalue weighted by Crippen LogP contribution is -1.99. The molecule has 0 radical (unpaired) electrons. The van der Waals surface area contributed by atoms with Crippen LogP contribution in [0.3, 0.4) is 0 Å². The molecule has 0 bridgehead atoms. The van der Waals surface area contributed by atoms with E-state index in [1.54, 1.807) is 6.07 Å². The second kappa shape index (κ2) is 11.0. The number of hydrogen-bond donors (Lipinski definition) is 0. The highest BCUT2D eigenvalue weighted by atomic mass is 15.0. The van der Waals surface area contributed by atoms with E-state index in [0.29, 0.717) is 33.8 Å². The second-order valence-corrected chi connectivity index (χ2v) is 10.4. The quantitative estimate of drug-likeness (QED) is 0.196.